The first-order chi connectivity index (χ1) is 7.99. The zero-order valence-electron chi connectivity index (χ0n) is 9.46. The average molecular weight is 235 g/mol. The molecule has 1 aromatic carbocycles. The summed E-state index contributed by atoms with van der Waals surface area (Å²) in [5.74, 6) is -0.721. The van der Waals surface area contributed by atoms with Crippen molar-refractivity contribution in [1.29, 1.82) is 0 Å². The Morgan fingerprint density at radius 1 is 1.12 bits per heavy atom. The van der Waals surface area contributed by atoms with Gasteiger partial charge in [0.05, 0.1) is 11.3 Å². The van der Waals surface area contributed by atoms with Gasteiger partial charge in [-0.05, 0) is 25.5 Å². The van der Waals surface area contributed by atoms with Crippen LogP contribution in [0, 0.1) is 25.5 Å². The minimum atomic E-state index is -0.661. The lowest BCUT2D eigenvalue weighted by atomic mass is 10.1. The molecule has 1 aromatic heterocycles. The summed E-state index contributed by atoms with van der Waals surface area (Å²) in [6.07, 6.45) is 0. The lowest BCUT2D eigenvalue weighted by Gasteiger charge is -2.07. The van der Waals surface area contributed by atoms with Crippen molar-refractivity contribution in [2.24, 2.45) is 0 Å². The number of rotatable bonds is 1. The monoisotopic (exact) mass is 235 g/mol. The number of nitrogen functional groups attached to an aromatic ring is 1. The molecule has 2 aromatic rings. The molecule has 0 unspecified atom stereocenters. The predicted octanol–water partition coefficient (Wildman–Crippen LogP) is 2.62. The molecule has 0 aliphatic heterocycles. The molecule has 2 rings (SSSR count). The molecule has 2 N–H and O–H groups in total. The second-order valence-electron chi connectivity index (χ2n) is 3.78. The second kappa shape index (κ2) is 4.08. The fraction of sp³-hybridized carbons (Fsp3) is 0.167. The SMILES string of the molecule is Cc1nc(N)cc(-c2c(F)ccc(C)c2F)n1. The Kier molecular flexibility index (Phi) is 2.75. The van der Waals surface area contributed by atoms with E-state index < -0.39 is 11.6 Å². The molecular formula is C12H11F2N3. The molecule has 0 fully saturated rings. The Bertz CT molecular complexity index is 562. The van der Waals surface area contributed by atoms with Gasteiger partial charge in [-0.1, -0.05) is 6.07 Å². The van der Waals surface area contributed by atoms with Crippen molar-refractivity contribution in [2.45, 2.75) is 13.8 Å². The van der Waals surface area contributed by atoms with Gasteiger partial charge in [-0.15, -0.1) is 0 Å². The van der Waals surface area contributed by atoms with Crippen molar-refractivity contribution >= 4 is 5.82 Å². The Morgan fingerprint density at radius 3 is 2.47 bits per heavy atom. The summed E-state index contributed by atoms with van der Waals surface area (Å²) >= 11 is 0. The number of aromatic nitrogens is 2. The first-order valence-corrected chi connectivity index (χ1v) is 5.05. The number of benzene rings is 1. The van der Waals surface area contributed by atoms with E-state index in [0.717, 1.165) is 0 Å². The van der Waals surface area contributed by atoms with Gasteiger partial charge >= 0.3 is 0 Å². The molecule has 0 saturated heterocycles. The van der Waals surface area contributed by atoms with Crippen molar-refractivity contribution in [2.75, 3.05) is 5.73 Å². The molecule has 0 spiro atoms. The molecule has 0 saturated carbocycles. The first kappa shape index (κ1) is 11.4. The van der Waals surface area contributed by atoms with E-state index in [0.29, 0.717) is 11.4 Å². The van der Waals surface area contributed by atoms with Crippen molar-refractivity contribution in [3.05, 3.63) is 41.2 Å². The summed E-state index contributed by atoms with van der Waals surface area (Å²) in [6, 6.07) is 3.95. The summed E-state index contributed by atoms with van der Waals surface area (Å²) in [5.41, 5.74) is 5.89. The fourth-order valence-corrected chi connectivity index (χ4v) is 1.61. The van der Waals surface area contributed by atoms with E-state index in [4.69, 9.17) is 5.73 Å². The molecule has 17 heavy (non-hydrogen) atoms. The lowest BCUT2D eigenvalue weighted by molar-refractivity contribution is 0.582. The molecule has 88 valence electrons. The smallest absolute Gasteiger partial charge is 0.138 e. The maximum absolute atomic E-state index is 13.9. The van der Waals surface area contributed by atoms with Gasteiger partial charge in [-0.25, -0.2) is 18.7 Å². The Labute approximate surface area is 97.3 Å². The van der Waals surface area contributed by atoms with Gasteiger partial charge in [0.15, 0.2) is 0 Å². The molecule has 1 heterocycles. The Morgan fingerprint density at radius 2 is 1.82 bits per heavy atom. The van der Waals surface area contributed by atoms with Crippen LogP contribution in [0.1, 0.15) is 11.4 Å². The number of halogens is 2. The van der Waals surface area contributed by atoms with Crippen LogP contribution in [-0.4, -0.2) is 9.97 Å². The maximum atomic E-state index is 13.9. The fourth-order valence-electron chi connectivity index (χ4n) is 1.61. The summed E-state index contributed by atoms with van der Waals surface area (Å²) < 4.78 is 27.5. The largest absolute Gasteiger partial charge is 0.384 e. The maximum Gasteiger partial charge on any atom is 0.138 e. The number of nitrogens with zero attached hydrogens (tertiary/aromatic N) is 2. The van der Waals surface area contributed by atoms with E-state index in [1.165, 1.54) is 18.2 Å². The van der Waals surface area contributed by atoms with Crippen LogP contribution in [-0.2, 0) is 0 Å². The van der Waals surface area contributed by atoms with Crippen molar-refractivity contribution in [3.63, 3.8) is 0 Å². The van der Waals surface area contributed by atoms with Gasteiger partial charge in [0.2, 0.25) is 0 Å². The number of nitrogens with two attached hydrogens (primary N) is 1. The van der Waals surface area contributed by atoms with E-state index in [1.54, 1.807) is 13.8 Å². The molecule has 0 amide bonds. The Balaban J connectivity index is 2.72. The van der Waals surface area contributed by atoms with Gasteiger partial charge in [0, 0.05) is 6.07 Å². The van der Waals surface area contributed by atoms with Crippen LogP contribution in [0.3, 0.4) is 0 Å². The average Bonchev–Trinajstić information content (AvgIpc) is 2.23. The van der Waals surface area contributed by atoms with E-state index in [-0.39, 0.29) is 17.1 Å². The van der Waals surface area contributed by atoms with Gasteiger partial charge in [0.25, 0.3) is 0 Å². The van der Waals surface area contributed by atoms with E-state index in [1.807, 2.05) is 0 Å². The third kappa shape index (κ3) is 2.08. The van der Waals surface area contributed by atoms with Crippen LogP contribution < -0.4 is 5.73 Å². The summed E-state index contributed by atoms with van der Waals surface area (Å²) in [7, 11) is 0. The summed E-state index contributed by atoms with van der Waals surface area (Å²) in [4.78, 5) is 7.86. The number of aryl methyl sites for hydroxylation is 2. The number of hydrogen-bond acceptors (Lipinski definition) is 3. The van der Waals surface area contributed by atoms with Crippen LogP contribution >= 0.6 is 0 Å². The highest BCUT2D eigenvalue weighted by Gasteiger charge is 2.15. The second-order valence-corrected chi connectivity index (χ2v) is 3.78. The van der Waals surface area contributed by atoms with Crippen molar-refractivity contribution in [1.82, 2.24) is 9.97 Å². The van der Waals surface area contributed by atoms with Gasteiger partial charge < -0.3 is 5.73 Å². The highest BCUT2D eigenvalue weighted by molar-refractivity contribution is 5.64. The van der Waals surface area contributed by atoms with Crippen LogP contribution in [0.4, 0.5) is 14.6 Å². The summed E-state index contributed by atoms with van der Waals surface area (Å²) in [6.45, 7) is 3.18. The minimum Gasteiger partial charge on any atom is -0.384 e. The standard InChI is InChI=1S/C12H11F2N3/c1-6-3-4-8(13)11(12(6)14)9-5-10(15)17-7(2)16-9/h3-5H,1-2H3,(H2,15,16,17). The number of anilines is 1. The zero-order chi connectivity index (χ0) is 12.6. The van der Waals surface area contributed by atoms with Crippen molar-refractivity contribution < 1.29 is 8.78 Å². The zero-order valence-corrected chi connectivity index (χ0v) is 9.46. The molecule has 5 heteroatoms. The topological polar surface area (TPSA) is 51.8 Å². The molecule has 0 atom stereocenters. The predicted molar refractivity (Wildman–Crippen MR) is 61.3 cm³/mol. The van der Waals surface area contributed by atoms with Crippen LogP contribution in [0.2, 0.25) is 0 Å². The van der Waals surface area contributed by atoms with E-state index in [2.05, 4.69) is 9.97 Å². The molecular weight excluding hydrogens is 224 g/mol. The van der Waals surface area contributed by atoms with Gasteiger partial charge in [0.1, 0.15) is 23.3 Å². The first-order valence-electron chi connectivity index (χ1n) is 5.05. The third-order valence-corrected chi connectivity index (χ3v) is 2.40. The van der Waals surface area contributed by atoms with Gasteiger partial charge in [-0.2, -0.15) is 0 Å². The minimum absolute atomic E-state index is 0.161. The Hall–Kier alpha value is -2.04. The summed E-state index contributed by atoms with van der Waals surface area (Å²) in [5, 5.41) is 0. The molecule has 0 aliphatic rings. The van der Waals surface area contributed by atoms with Crippen LogP contribution in [0.25, 0.3) is 11.3 Å². The van der Waals surface area contributed by atoms with Gasteiger partial charge in [-0.3, -0.25) is 0 Å². The lowest BCUT2D eigenvalue weighted by Crippen LogP contribution is -2.01. The molecule has 3 nitrogen and oxygen atoms in total. The highest BCUT2D eigenvalue weighted by atomic mass is 19.1. The van der Waals surface area contributed by atoms with Crippen molar-refractivity contribution in [3.8, 4) is 11.3 Å². The molecule has 0 aliphatic carbocycles. The third-order valence-electron chi connectivity index (χ3n) is 2.40. The number of hydrogen-bond donors (Lipinski definition) is 1. The van der Waals surface area contributed by atoms with E-state index in [9.17, 15) is 8.78 Å². The quantitative estimate of drug-likeness (QED) is 0.826. The van der Waals surface area contributed by atoms with Crippen LogP contribution in [0.5, 0.6) is 0 Å². The van der Waals surface area contributed by atoms with Crippen LogP contribution in [0.15, 0.2) is 18.2 Å². The molecule has 0 radical (unpaired) electrons. The highest BCUT2D eigenvalue weighted by Crippen LogP contribution is 2.27. The molecule has 0 bridgehead atoms. The van der Waals surface area contributed by atoms with E-state index >= 15 is 0 Å². The normalized spacial score (nSPS) is 10.6.